The molecule has 1 N–H and O–H groups in total. The van der Waals surface area contributed by atoms with Gasteiger partial charge in [-0.1, -0.05) is 36.4 Å². The number of nitrogens with one attached hydrogen (secondary N) is 1. The summed E-state index contributed by atoms with van der Waals surface area (Å²) in [7, 11) is 0. The summed E-state index contributed by atoms with van der Waals surface area (Å²) in [4.78, 5) is 4.49. The van der Waals surface area contributed by atoms with Crippen LogP contribution in [-0.4, -0.2) is 4.98 Å². The van der Waals surface area contributed by atoms with Crippen LogP contribution in [0.2, 0.25) is 0 Å². The molecule has 17 heavy (non-hydrogen) atoms. The molecule has 0 fully saturated rings. The minimum absolute atomic E-state index is 0.423. The van der Waals surface area contributed by atoms with E-state index in [-0.39, 0.29) is 0 Å². The summed E-state index contributed by atoms with van der Waals surface area (Å²) in [6, 6.07) is 15.2. The summed E-state index contributed by atoms with van der Waals surface area (Å²) in [6.45, 7) is 0.918. The highest BCUT2D eigenvalue weighted by atomic mass is 14.9. The van der Waals surface area contributed by atoms with Crippen LogP contribution in [0.3, 0.4) is 0 Å². The first-order chi connectivity index (χ1) is 8.43. The van der Waals surface area contributed by atoms with Crippen molar-refractivity contribution >= 4 is 0 Å². The first-order valence-corrected chi connectivity index (χ1v) is 6.14. The molecule has 1 aromatic carbocycles. The Bertz CT molecular complexity index is 493. The Morgan fingerprint density at radius 2 is 2.00 bits per heavy atom. The zero-order valence-corrected chi connectivity index (χ0v) is 9.76. The molecule has 1 atom stereocenters. The number of aromatic nitrogens is 1. The second-order valence-electron chi connectivity index (χ2n) is 4.51. The van der Waals surface area contributed by atoms with Crippen LogP contribution >= 0.6 is 0 Å². The van der Waals surface area contributed by atoms with Crippen molar-refractivity contribution in [2.75, 3.05) is 0 Å². The Labute approximate surface area is 102 Å². The van der Waals surface area contributed by atoms with Crippen molar-refractivity contribution in [2.45, 2.75) is 25.4 Å². The third kappa shape index (κ3) is 2.22. The molecule has 0 amide bonds. The first kappa shape index (κ1) is 10.5. The van der Waals surface area contributed by atoms with Crippen LogP contribution in [0.4, 0.5) is 0 Å². The van der Waals surface area contributed by atoms with Gasteiger partial charge < -0.3 is 5.32 Å². The van der Waals surface area contributed by atoms with Gasteiger partial charge in [0.1, 0.15) is 0 Å². The summed E-state index contributed by atoms with van der Waals surface area (Å²) in [6.07, 6.45) is 4.20. The third-order valence-electron chi connectivity index (χ3n) is 3.35. The molecule has 2 nitrogen and oxygen atoms in total. The van der Waals surface area contributed by atoms with Crippen molar-refractivity contribution in [1.82, 2.24) is 10.3 Å². The largest absolute Gasteiger partial charge is 0.304 e. The number of nitrogens with zero attached hydrogens (tertiary/aromatic N) is 1. The molecule has 1 aliphatic rings. The molecule has 2 aromatic rings. The van der Waals surface area contributed by atoms with Crippen LogP contribution in [0.15, 0.2) is 48.7 Å². The van der Waals surface area contributed by atoms with E-state index in [4.69, 9.17) is 0 Å². The Kier molecular flexibility index (Phi) is 2.88. The maximum absolute atomic E-state index is 4.49. The third-order valence-corrected chi connectivity index (χ3v) is 3.35. The van der Waals surface area contributed by atoms with Gasteiger partial charge in [0.25, 0.3) is 0 Å². The van der Waals surface area contributed by atoms with E-state index >= 15 is 0 Å². The summed E-state index contributed by atoms with van der Waals surface area (Å²) in [5.41, 5.74) is 3.97. The fourth-order valence-electron chi connectivity index (χ4n) is 2.45. The number of benzene rings is 1. The zero-order valence-electron chi connectivity index (χ0n) is 9.76. The molecule has 1 aliphatic carbocycles. The van der Waals surface area contributed by atoms with Gasteiger partial charge in [-0.3, -0.25) is 4.98 Å². The monoisotopic (exact) mass is 224 g/mol. The summed E-state index contributed by atoms with van der Waals surface area (Å²) in [5.74, 6) is 0. The topological polar surface area (TPSA) is 24.9 Å². The maximum atomic E-state index is 4.49. The molecule has 0 radical (unpaired) electrons. The Morgan fingerprint density at radius 1 is 1.12 bits per heavy atom. The number of pyridine rings is 1. The predicted octanol–water partition coefficient (Wildman–Crippen LogP) is 2.86. The van der Waals surface area contributed by atoms with Gasteiger partial charge in [-0.25, -0.2) is 0 Å². The van der Waals surface area contributed by atoms with Crippen molar-refractivity contribution in [1.29, 1.82) is 0 Å². The fourth-order valence-corrected chi connectivity index (χ4v) is 2.45. The Balaban J connectivity index is 1.68. The normalized spacial score (nSPS) is 18.0. The summed E-state index contributed by atoms with van der Waals surface area (Å²) in [5, 5.41) is 3.59. The molecule has 1 aromatic heterocycles. The Morgan fingerprint density at radius 3 is 2.88 bits per heavy atom. The van der Waals surface area contributed by atoms with Crippen LogP contribution < -0.4 is 5.32 Å². The molecule has 0 saturated carbocycles. The van der Waals surface area contributed by atoms with Crippen LogP contribution in [0.25, 0.3) is 0 Å². The summed E-state index contributed by atoms with van der Waals surface area (Å²) >= 11 is 0. The van der Waals surface area contributed by atoms with Gasteiger partial charge in [0, 0.05) is 12.7 Å². The van der Waals surface area contributed by atoms with Gasteiger partial charge in [-0.2, -0.15) is 0 Å². The molecule has 0 saturated heterocycles. The molecule has 1 unspecified atom stereocenters. The van der Waals surface area contributed by atoms with Crippen molar-refractivity contribution in [2.24, 2.45) is 0 Å². The number of hydrogen-bond acceptors (Lipinski definition) is 2. The van der Waals surface area contributed by atoms with E-state index in [0.717, 1.165) is 13.0 Å². The smallest absolute Gasteiger partial charge is 0.0605 e. The van der Waals surface area contributed by atoms with E-state index in [0.29, 0.717) is 6.04 Å². The first-order valence-electron chi connectivity index (χ1n) is 6.14. The Hall–Kier alpha value is -1.67. The second kappa shape index (κ2) is 4.68. The van der Waals surface area contributed by atoms with E-state index in [9.17, 15) is 0 Å². The van der Waals surface area contributed by atoms with Crippen molar-refractivity contribution < 1.29 is 0 Å². The number of aryl methyl sites for hydroxylation is 1. The highest BCUT2D eigenvalue weighted by Crippen LogP contribution is 2.28. The lowest BCUT2D eigenvalue weighted by Gasteiger charge is -2.12. The quantitative estimate of drug-likeness (QED) is 0.867. The van der Waals surface area contributed by atoms with Gasteiger partial charge in [-0.05, 0) is 30.0 Å². The lowest BCUT2D eigenvalue weighted by Crippen LogP contribution is -2.19. The van der Waals surface area contributed by atoms with Crippen molar-refractivity contribution in [3.05, 3.63) is 65.5 Å². The molecule has 3 rings (SSSR count). The molecule has 0 aliphatic heterocycles. The average Bonchev–Trinajstić information content (AvgIpc) is 2.81. The van der Waals surface area contributed by atoms with E-state index < -0.39 is 0 Å². The molecule has 86 valence electrons. The molecule has 0 spiro atoms. The van der Waals surface area contributed by atoms with Gasteiger partial charge >= 0.3 is 0 Å². The maximum Gasteiger partial charge on any atom is 0.0605 e. The molecular formula is C15H16N2. The van der Waals surface area contributed by atoms with Gasteiger partial charge in [-0.15, -0.1) is 0 Å². The number of rotatable bonds is 3. The van der Waals surface area contributed by atoms with Gasteiger partial charge in [0.15, 0.2) is 0 Å². The molecule has 1 heterocycles. The molecule has 0 bridgehead atoms. The van der Waals surface area contributed by atoms with Crippen LogP contribution in [-0.2, 0) is 13.0 Å². The van der Waals surface area contributed by atoms with E-state index in [2.05, 4.69) is 46.7 Å². The van der Waals surface area contributed by atoms with E-state index in [1.807, 2.05) is 12.3 Å². The van der Waals surface area contributed by atoms with Crippen LogP contribution in [0.5, 0.6) is 0 Å². The van der Waals surface area contributed by atoms with Crippen LogP contribution in [0.1, 0.15) is 29.3 Å². The van der Waals surface area contributed by atoms with Crippen molar-refractivity contribution in [3.8, 4) is 0 Å². The lowest BCUT2D eigenvalue weighted by atomic mass is 10.2. The highest BCUT2D eigenvalue weighted by molar-refractivity contribution is 5.28. The standard InChI is InChI=1S/C15H16N2/c1-2-5-12(6-3-1)11-17-14-9-8-13-7-4-10-16-15(13)14/h1-7,10,14,17H,8-9,11H2. The summed E-state index contributed by atoms with van der Waals surface area (Å²) < 4.78 is 0. The van der Waals surface area contributed by atoms with E-state index in [1.165, 1.54) is 23.2 Å². The molecular weight excluding hydrogens is 208 g/mol. The minimum atomic E-state index is 0.423. The number of fused-ring (bicyclic) bond motifs is 1. The minimum Gasteiger partial charge on any atom is -0.304 e. The lowest BCUT2D eigenvalue weighted by molar-refractivity contribution is 0.521. The fraction of sp³-hybridized carbons (Fsp3) is 0.267. The molecule has 2 heteroatoms. The highest BCUT2D eigenvalue weighted by Gasteiger charge is 2.22. The second-order valence-corrected chi connectivity index (χ2v) is 4.51. The zero-order chi connectivity index (χ0) is 11.5. The van der Waals surface area contributed by atoms with Crippen LogP contribution in [0, 0.1) is 0 Å². The average molecular weight is 224 g/mol. The number of hydrogen-bond donors (Lipinski definition) is 1. The SMILES string of the molecule is c1ccc(CNC2CCc3cccnc32)cc1. The van der Waals surface area contributed by atoms with E-state index in [1.54, 1.807) is 0 Å². The predicted molar refractivity (Wildman–Crippen MR) is 68.6 cm³/mol. The van der Waals surface area contributed by atoms with Gasteiger partial charge in [0.2, 0.25) is 0 Å². The van der Waals surface area contributed by atoms with Crippen molar-refractivity contribution in [3.63, 3.8) is 0 Å². The van der Waals surface area contributed by atoms with Gasteiger partial charge in [0.05, 0.1) is 11.7 Å².